The van der Waals surface area contributed by atoms with Crippen LogP contribution in [0.3, 0.4) is 0 Å². The number of hydrogen-bond acceptors (Lipinski definition) is 2. The van der Waals surface area contributed by atoms with Crippen molar-refractivity contribution in [3.05, 3.63) is 0 Å². The fraction of sp³-hybridized carbons (Fsp3) is 1.00. The molecule has 1 heterocycles. The molecule has 2 fully saturated rings. The summed E-state index contributed by atoms with van der Waals surface area (Å²) in [6, 6.07) is 1.33. The largest absolute Gasteiger partial charge is 0.328 e. The highest BCUT2D eigenvalue weighted by atomic mass is 15.2. The summed E-state index contributed by atoms with van der Waals surface area (Å²) in [5, 5.41) is 0. The van der Waals surface area contributed by atoms with Crippen LogP contribution in [0.4, 0.5) is 0 Å². The smallest absolute Gasteiger partial charge is 0.0123 e. The van der Waals surface area contributed by atoms with Crippen LogP contribution in [0.1, 0.15) is 64.7 Å². The van der Waals surface area contributed by atoms with Crippen LogP contribution in [0.15, 0.2) is 0 Å². The highest BCUT2D eigenvalue weighted by Crippen LogP contribution is 2.35. The Bertz CT molecular complexity index is 213. The molecular formula is C15H30N2. The van der Waals surface area contributed by atoms with Gasteiger partial charge in [0.15, 0.2) is 0 Å². The van der Waals surface area contributed by atoms with E-state index < -0.39 is 0 Å². The molecule has 17 heavy (non-hydrogen) atoms. The average molecular weight is 238 g/mol. The Morgan fingerprint density at radius 3 is 2.71 bits per heavy atom. The maximum absolute atomic E-state index is 5.80. The average Bonchev–Trinajstić information content (AvgIpc) is 2.34. The molecule has 100 valence electrons. The van der Waals surface area contributed by atoms with Crippen LogP contribution in [0.5, 0.6) is 0 Å². The van der Waals surface area contributed by atoms with Crippen molar-refractivity contribution in [2.45, 2.75) is 76.8 Å². The number of rotatable bonds is 5. The second-order valence-corrected chi connectivity index (χ2v) is 6.26. The standard InChI is InChI=1S/C15H30N2/c1-13(16)7-4-5-11-17-12-6-9-14-8-2-3-10-15(14)17/h13-15H,2-12,16H2,1H3. The zero-order valence-corrected chi connectivity index (χ0v) is 11.5. The number of nitrogens with two attached hydrogens (primary N) is 1. The van der Waals surface area contributed by atoms with E-state index in [0.717, 1.165) is 12.0 Å². The molecule has 2 heteroatoms. The Morgan fingerprint density at radius 2 is 1.88 bits per heavy atom. The summed E-state index contributed by atoms with van der Waals surface area (Å²) in [7, 11) is 0. The lowest BCUT2D eigenvalue weighted by Crippen LogP contribution is -2.47. The first-order valence-corrected chi connectivity index (χ1v) is 7.77. The highest BCUT2D eigenvalue weighted by molar-refractivity contribution is 4.87. The van der Waals surface area contributed by atoms with Crippen molar-refractivity contribution in [2.24, 2.45) is 11.7 Å². The van der Waals surface area contributed by atoms with E-state index >= 15 is 0 Å². The summed E-state index contributed by atoms with van der Waals surface area (Å²) in [6.45, 7) is 4.81. The van der Waals surface area contributed by atoms with Gasteiger partial charge in [-0.15, -0.1) is 0 Å². The van der Waals surface area contributed by atoms with E-state index in [1.807, 2.05) is 0 Å². The minimum atomic E-state index is 0.388. The predicted octanol–water partition coefficient (Wildman–Crippen LogP) is 3.16. The van der Waals surface area contributed by atoms with E-state index in [1.165, 1.54) is 70.9 Å². The van der Waals surface area contributed by atoms with Gasteiger partial charge in [0.1, 0.15) is 0 Å². The molecule has 1 aliphatic heterocycles. The molecule has 0 aromatic carbocycles. The topological polar surface area (TPSA) is 29.3 Å². The van der Waals surface area contributed by atoms with Crippen molar-refractivity contribution in [2.75, 3.05) is 13.1 Å². The van der Waals surface area contributed by atoms with Gasteiger partial charge in [-0.2, -0.15) is 0 Å². The first-order valence-electron chi connectivity index (χ1n) is 7.77. The van der Waals surface area contributed by atoms with Crippen LogP contribution in [-0.4, -0.2) is 30.1 Å². The Morgan fingerprint density at radius 1 is 1.12 bits per heavy atom. The van der Waals surface area contributed by atoms with E-state index in [4.69, 9.17) is 5.73 Å². The summed E-state index contributed by atoms with van der Waals surface area (Å²) in [4.78, 5) is 2.80. The molecule has 3 atom stereocenters. The van der Waals surface area contributed by atoms with Crippen molar-refractivity contribution in [1.82, 2.24) is 4.90 Å². The first kappa shape index (κ1) is 13.4. The van der Waals surface area contributed by atoms with E-state index in [1.54, 1.807) is 0 Å². The fourth-order valence-corrected chi connectivity index (χ4v) is 3.79. The third-order valence-electron chi connectivity index (χ3n) is 4.71. The summed E-state index contributed by atoms with van der Waals surface area (Å²) in [5.74, 6) is 1.03. The second kappa shape index (κ2) is 6.75. The molecule has 3 unspecified atom stereocenters. The van der Waals surface area contributed by atoms with E-state index in [2.05, 4.69) is 11.8 Å². The van der Waals surface area contributed by atoms with Crippen molar-refractivity contribution in [1.29, 1.82) is 0 Å². The molecule has 2 N–H and O–H groups in total. The molecule has 0 radical (unpaired) electrons. The quantitative estimate of drug-likeness (QED) is 0.746. The molecule has 1 saturated heterocycles. The zero-order chi connectivity index (χ0) is 12.1. The predicted molar refractivity (Wildman–Crippen MR) is 74.1 cm³/mol. The Kier molecular flexibility index (Phi) is 5.30. The molecule has 2 aliphatic rings. The van der Waals surface area contributed by atoms with Crippen LogP contribution in [0.25, 0.3) is 0 Å². The molecule has 0 aromatic heterocycles. The van der Waals surface area contributed by atoms with E-state index in [-0.39, 0.29) is 0 Å². The van der Waals surface area contributed by atoms with Crippen molar-refractivity contribution >= 4 is 0 Å². The maximum Gasteiger partial charge on any atom is 0.0123 e. The molecule has 0 spiro atoms. The number of likely N-dealkylation sites (tertiary alicyclic amines) is 1. The van der Waals surface area contributed by atoms with E-state index in [9.17, 15) is 0 Å². The highest BCUT2D eigenvalue weighted by Gasteiger charge is 2.32. The SMILES string of the molecule is CC(N)CCCCN1CCCC2CCCCC21. The molecule has 0 bridgehead atoms. The van der Waals surface area contributed by atoms with Crippen molar-refractivity contribution in [3.63, 3.8) is 0 Å². The normalized spacial score (nSPS) is 32.1. The molecule has 2 nitrogen and oxygen atoms in total. The monoisotopic (exact) mass is 238 g/mol. The number of piperidine rings is 1. The fourth-order valence-electron chi connectivity index (χ4n) is 3.79. The van der Waals surface area contributed by atoms with Gasteiger partial charge in [0.25, 0.3) is 0 Å². The lowest BCUT2D eigenvalue weighted by Gasteiger charge is -2.44. The Labute approximate surface area is 107 Å². The molecule has 0 amide bonds. The second-order valence-electron chi connectivity index (χ2n) is 6.26. The zero-order valence-electron chi connectivity index (χ0n) is 11.5. The van der Waals surface area contributed by atoms with Crippen molar-refractivity contribution < 1.29 is 0 Å². The minimum Gasteiger partial charge on any atom is -0.328 e. The third kappa shape index (κ3) is 3.96. The van der Waals surface area contributed by atoms with Crippen molar-refractivity contribution in [3.8, 4) is 0 Å². The number of nitrogens with zero attached hydrogens (tertiary/aromatic N) is 1. The summed E-state index contributed by atoms with van der Waals surface area (Å²) < 4.78 is 0. The number of hydrogen-bond donors (Lipinski definition) is 1. The molecule has 0 aromatic rings. The van der Waals surface area contributed by atoms with Crippen LogP contribution < -0.4 is 5.73 Å². The lowest BCUT2D eigenvalue weighted by molar-refractivity contribution is 0.0595. The minimum absolute atomic E-state index is 0.388. The summed E-state index contributed by atoms with van der Waals surface area (Å²) in [5.41, 5.74) is 5.80. The molecule has 1 aliphatic carbocycles. The van der Waals surface area contributed by atoms with Crippen LogP contribution in [0, 0.1) is 5.92 Å². The van der Waals surface area contributed by atoms with Gasteiger partial charge >= 0.3 is 0 Å². The van der Waals surface area contributed by atoms with Gasteiger partial charge in [0.2, 0.25) is 0 Å². The Hall–Kier alpha value is -0.0800. The van der Waals surface area contributed by atoms with Crippen LogP contribution in [0.2, 0.25) is 0 Å². The third-order valence-corrected chi connectivity index (χ3v) is 4.71. The maximum atomic E-state index is 5.80. The lowest BCUT2D eigenvalue weighted by atomic mass is 9.78. The van der Waals surface area contributed by atoms with Gasteiger partial charge in [-0.05, 0) is 64.5 Å². The number of fused-ring (bicyclic) bond motifs is 1. The van der Waals surface area contributed by atoms with Gasteiger partial charge in [0, 0.05) is 12.1 Å². The molecular weight excluding hydrogens is 208 g/mol. The number of unbranched alkanes of at least 4 members (excludes halogenated alkanes) is 1. The van der Waals surface area contributed by atoms with Gasteiger partial charge in [-0.1, -0.05) is 19.3 Å². The first-order chi connectivity index (χ1) is 8.27. The molecule has 1 saturated carbocycles. The van der Waals surface area contributed by atoms with Crippen LogP contribution >= 0.6 is 0 Å². The Balaban J connectivity index is 1.71. The molecule has 2 rings (SSSR count). The summed E-state index contributed by atoms with van der Waals surface area (Å²) >= 11 is 0. The van der Waals surface area contributed by atoms with Gasteiger partial charge in [0.05, 0.1) is 0 Å². The van der Waals surface area contributed by atoms with Gasteiger partial charge < -0.3 is 10.6 Å². The van der Waals surface area contributed by atoms with Gasteiger partial charge in [-0.25, -0.2) is 0 Å². The van der Waals surface area contributed by atoms with E-state index in [0.29, 0.717) is 6.04 Å². The van der Waals surface area contributed by atoms with Gasteiger partial charge in [-0.3, -0.25) is 0 Å². The summed E-state index contributed by atoms with van der Waals surface area (Å²) in [6.07, 6.45) is 12.7. The van der Waals surface area contributed by atoms with Crippen LogP contribution in [-0.2, 0) is 0 Å².